The maximum Gasteiger partial charge on any atom is 0.271 e. The van der Waals surface area contributed by atoms with Crippen LogP contribution in [0.25, 0.3) is 0 Å². The number of hydrogen-bond donors (Lipinski definition) is 2. The summed E-state index contributed by atoms with van der Waals surface area (Å²) in [5.74, 6) is 0.893. The van der Waals surface area contributed by atoms with Crippen molar-refractivity contribution in [1.29, 1.82) is 0 Å². The number of nitrogens with zero attached hydrogens (tertiary/aromatic N) is 2. The van der Waals surface area contributed by atoms with Gasteiger partial charge < -0.3 is 10.6 Å². The van der Waals surface area contributed by atoms with Crippen molar-refractivity contribution < 1.29 is 9.00 Å². The summed E-state index contributed by atoms with van der Waals surface area (Å²) in [6, 6.07) is -0.0407. The molecule has 0 saturated carbocycles. The van der Waals surface area contributed by atoms with E-state index in [1.54, 1.807) is 12.5 Å². The van der Waals surface area contributed by atoms with Gasteiger partial charge in [0.2, 0.25) is 0 Å². The Morgan fingerprint density at radius 1 is 1.47 bits per heavy atom. The lowest BCUT2D eigenvalue weighted by molar-refractivity contribution is 0.0934. The van der Waals surface area contributed by atoms with Gasteiger partial charge in [0.05, 0.1) is 12.4 Å². The van der Waals surface area contributed by atoms with Crippen LogP contribution in [0, 0.1) is 0 Å². The van der Waals surface area contributed by atoms with E-state index in [9.17, 15) is 9.00 Å². The molecule has 0 bridgehead atoms. The van der Waals surface area contributed by atoms with E-state index >= 15 is 0 Å². The van der Waals surface area contributed by atoms with Crippen LogP contribution in [0.5, 0.6) is 0 Å². The summed E-state index contributed by atoms with van der Waals surface area (Å²) in [5.41, 5.74) is 0.280. The fourth-order valence-corrected chi connectivity index (χ4v) is 2.14. The van der Waals surface area contributed by atoms with E-state index in [1.165, 1.54) is 6.20 Å². The lowest BCUT2D eigenvalue weighted by atomic mass is 10.2. The van der Waals surface area contributed by atoms with Gasteiger partial charge in [0, 0.05) is 35.4 Å². The molecule has 0 aliphatic heterocycles. The van der Waals surface area contributed by atoms with Gasteiger partial charge in [-0.05, 0) is 20.3 Å². The Balaban J connectivity index is 2.57. The molecule has 0 saturated heterocycles. The third-order valence-corrected chi connectivity index (χ3v) is 3.25. The van der Waals surface area contributed by atoms with Crippen LogP contribution < -0.4 is 10.6 Å². The first-order valence-electron chi connectivity index (χ1n) is 6.19. The highest BCUT2D eigenvalue weighted by Gasteiger charge is 2.12. The Hall–Kier alpha value is -1.50. The molecule has 106 valence electrons. The van der Waals surface area contributed by atoms with Gasteiger partial charge >= 0.3 is 0 Å². The maximum atomic E-state index is 11.9. The molecule has 2 unspecified atom stereocenters. The lowest BCUT2D eigenvalue weighted by Gasteiger charge is -2.13. The lowest BCUT2D eigenvalue weighted by Crippen LogP contribution is -2.34. The van der Waals surface area contributed by atoms with Gasteiger partial charge in [0.15, 0.2) is 0 Å². The smallest absolute Gasteiger partial charge is 0.271 e. The van der Waals surface area contributed by atoms with Crippen LogP contribution in [0.2, 0.25) is 0 Å². The average molecular weight is 284 g/mol. The van der Waals surface area contributed by atoms with Gasteiger partial charge in [-0.15, -0.1) is 0 Å². The van der Waals surface area contributed by atoms with Crippen LogP contribution in [0.3, 0.4) is 0 Å². The van der Waals surface area contributed by atoms with Crippen molar-refractivity contribution in [3.8, 4) is 0 Å². The summed E-state index contributed by atoms with van der Waals surface area (Å²) in [5, 5.41) is 5.82. The quantitative estimate of drug-likeness (QED) is 0.773. The molecule has 1 rings (SSSR count). The predicted octanol–water partition coefficient (Wildman–Crippen LogP) is 0.795. The molecule has 0 radical (unpaired) electrons. The minimum Gasteiger partial charge on any atom is -0.369 e. The summed E-state index contributed by atoms with van der Waals surface area (Å²) in [4.78, 5) is 20.1. The zero-order chi connectivity index (χ0) is 14.3. The first-order valence-corrected chi connectivity index (χ1v) is 7.92. The number of nitrogens with one attached hydrogen (secondary N) is 2. The van der Waals surface area contributed by atoms with E-state index in [0.717, 1.165) is 6.54 Å². The Labute approximate surface area is 115 Å². The molecule has 0 fully saturated rings. The Morgan fingerprint density at radius 3 is 2.84 bits per heavy atom. The highest BCUT2D eigenvalue weighted by molar-refractivity contribution is 7.84. The van der Waals surface area contributed by atoms with Gasteiger partial charge in [-0.3, -0.25) is 14.0 Å². The SMILES string of the molecule is CCNc1cncc(C(=O)NC(C)CCS(C)=O)n1. The first-order chi connectivity index (χ1) is 9.02. The fourth-order valence-electron chi connectivity index (χ4n) is 1.45. The Morgan fingerprint density at radius 2 is 2.21 bits per heavy atom. The van der Waals surface area contributed by atoms with Crippen molar-refractivity contribution in [1.82, 2.24) is 15.3 Å². The number of aromatic nitrogens is 2. The van der Waals surface area contributed by atoms with Crippen molar-refractivity contribution in [2.24, 2.45) is 0 Å². The second kappa shape index (κ2) is 7.83. The molecule has 19 heavy (non-hydrogen) atoms. The van der Waals surface area contributed by atoms with Gasteiger partial charge in [-0.1, -0.05) is 0 Å². The molecule has 0 aliphatic carbocycles. The molecule has 1 heterocycles. The molecule has 0 aliphatic rings. The van der Waals surface area contributed by atoms with Crippen LogP contribution in [0.1, 0.15) is 30.8 Å². The summed E-state index contributed by atoms with van der Waals surface area (Å²) >= 11 is 0. The molecular formula is C12H20N4O2S. The maximum absolute atomic E-state index is 11.9. The molecular weight excluding hydrogens is 264 g/mol. The highest BCUT2D eigenvalue weighted by Crippen LogP contribution is 2.02. The number of anilines is 1. The summed E-state index contributed by atoms with van der Waals surface area (Å²) in [7, 11) is -0.841. The zero-order valence-corrected chi connectivity index (χ0v) is 12.3. The van der Waals surface area contributed by atoms with Crippen LogP contribution in [0.15, 0.2) is 12.4 Å². The number of carbonyl (C=O) groups excluding carboxylic acids is 1. The summed E-state index contributed by atoms with van der Waals surface area (Å²) in [6.45, 7) is 4.55. The highest BCUT2D eigenvalue weighted by atomic mass is 32.2. The molecule has 2 atom stereocenters. The van der Waals surface area contributed by atoms with Crippen molar-refractivity contribution in [3.63, 3.8) is 0 Å². The second-order valence-electron chi connectivity index (χ2n) is 4.26. The molecule has 1 amide bonds. The summed E-state index contributed by atoms with van der Waals surface area (Å²) < 4.78 is 11.0. The van der Waals surface area contributed by atoms with E-state index in [4.69, 9.17) is 0 Å². The van der Waals surface area contributed by atoms with Crippen molar-refractivity contribution in [2.75, 3.05) is 23.9 Å². The summed E-state index contributed by atoms with van der Waals surface area (Å²) in [6.07, 6.45) is 5.33. The average Bonchev–Trinajstić information content (AvgIpc) is 2.37. The van der Waals surface area contributed by atoms with Crippen LogP contribution in [0.4, 0.5) is 5.82 Å². The van der Waals surface area contributed by atoms with Crippen LogP contribution in [-0.2, 0) is 10.8 Å². The zero-order valence-electron chi connectivity index (χ0n) is 11.5. The van der Waals surface area contributed by atoms with Crippen molar-refractivity contribution in [3.05, 3.63) is 18.1 Å². The van der Waals surface area contributed by atoms with Gasteiger partial charge in [0.25, 0.3) is 5.91 Å². The first kappa shape index (κ1) is 15.6. The molecule has 7 heteroatoms. The Bertz CT molecular complexity index is 453. The van der Waals surface area contributed by atoms with Gasteiger partial charge in [-0.2, -0.15) is 0 Å². The largest absolute Gasteiger partial charge is 0.369 e. The molecule has 6 nitrogen and oxygen atoms in total. The number of hydrogen-bond acceptors (Lipinski definition) is 5. The molecule has 2 N–H and O–H groups in total. The van der Waals surface area contributed by atoms with E-state index in [1.807, 2.05) is 13.8 Å². The third-order valence-electron chi connectivity index (χ3n) is 2.44. The third kappa shape index (κ3) is 5.78. The van der Waals surface area contributed by atoms with E-state index in [-0.39, 0.29) is 17.6 Å². The standard InChI is InChI=1S/C12H20N4O2S/c1-4-14-11-8-13-7-10(16-11)12(17)15-9(2)5-6-19(3)18/h7-9H,4-6H2,1-3H3,(H,14,16)(H,15,17). The number of carbonyl (C=O) groups is 1. The number of amides is 1. The monoisotopic (exact) mass is 284 g/mol. The van der Waals surface area contributed by atoms with E-state index in [2.05, 4.69) is 20.6 Å². The second-order valence-corrected chi connectivity index (χ2v) is 5.82. The predicted molar refractivity (Wildman–Crippen MR) is 76.7 cm³/mol. The van der Waals surface area contributed by atoms with Gasteiger partial charge in [-0.25, -0.2) is 4.98 Å². The van der Waals surface area contributed by atoms with Crippen molar-refractivity contribution in [2.45, 2.75) is 26.3 Å². The Kier molecular flexibility index (Phi) is 6.41. The minimum absolute atomic E-state index is 0.0407. The topological polar surface area (TPSA) is 84.0 Å². The fraction of sp³-hybridized carbons (Fsp3) is 0.583. The minimum atomic E-state index is -0.841. The molecule has 0 spiro atoms. The van der Waals surface area contributed by atoms with E-state index in [0.29, 0.717) is 18.0 Å². The molecule has 1 aromatic heterocycles. The number of rotatable bonds is 7. The van der Waals surface area contributed by atoms with Crippen LogP contribution >= 0.6 is 0 Å². The van der Waals surface area contributed by atoms with Gasteiger partial charge in [0.1, 0.15) is 11.5 Å². The van der Waals surface area contributed by atoms with E-state index < -0.39 is 10.8 Å². The molecule has 1 aromatic rings. The van der Waals surface area contributed by atoms with Crippen LogP contribution in [-0.4, -0.2) is 44.7 Å². The molecule has 0 aromatic carbocycles. The van der Waals surface area contributed by atoms with Crippen molar-refractivity contribution >= 4 is 22.5 Å². The normalized spacial score (nSPS) is 13.6.